The molecule has 0 spiro atoms. The van der Waals surface area contributed by atoms with Gasteiger partial charge < -0.3 is 4.90 Å². The molecule has 0 aliphatic carbocycles. The highest BCUT2D eigenvalue weighted by atomic mass is 32.1. The first-order valence-electron chi connectivity index (χ1n) is 7.38. The zero-order valence-corrected chi connectivity index (χ0v) is 13.8. The first kappa shape index (κ1) is 14.8. The predicted octanol–water partition coefficient (Wildman–Crippen LogP) is 0.0436. The lowest BCUT2D eigenvalue weighted by Gasteiger charge is -2.12. The van der Waals surface area contributed by atoms with Gasteiger partial charge in [-0.25, -0.2) is 9.36 Å². The Balaban J connectivity index is 1.98. The van der Waals surface area contributed by atoms with Gasteiger partial charge in [-0.2, -0.15) is 10.2 Å². The normalized spacial score (nSPS) is 18.0. The van der Waals surface area contributed by atoms with Gasteiger partial charge >= 0.3 is 5.69 Å². The second-order valence-electron chi connectivity index (χ2n) is 5.72. The Bertz CT molecular complexity index is 1060. The molecule has 3 aromatic rings. The van der Waals surface area contributed by atoms with Crippen molar-refractivity contribution in [2.75, 3.05) is 13.6 Å². The molecule has 1 saturated heterocycles. The van der Waals surface area contributed by atoms with Crippen molar-refractivity contribution >= 4 is 27.5 Å². The smallest absolute Gasteiger partial charge is 0.330 e. The summed E-state index contributed by atoms with van der Waals surface area (Å²) in [5, 5.41) is 9.20. The molecule has 0 bridgehead atoms. The number of nitrogens with one attached hydrogen (secondary N) is 1. The molecule has 10 heteroatoms. The number of likely N-dealkylation sites (tertiary alicyclic amines) is 1. The van der Waals surface area contributed by atoms with Gasteiger partial charge in [-0.1, -0.05) is 11.3 Å². The van der Waals surface area contributed by atoms with E-state index < -0.39 is 17.3 Å². The molecule has 9 nitrogen and oxygen atoms in total. The van der Waals surface area contributed by atoms with Crippen molar-refractivity contribution < 1.29 is 4.79 Å². The van der Waals surface area contributed by atoms with E-state index in [9.17, 15) is 14.4 Å². The van der Waals surface area contributed by atoms with Gasteiger partial charge in [-0.15, -0.1) is 4.80 Å². The van der Waals surface area contributed by atoms with Gasteiger partial charge in [0.05, 0.1) is 17.8 Å². The first-order chi connectivity index (χ1) is 11.5. The average Bonchev–Trinajstić information content (AvgIpc) is 3.23. The molecule has 0 saturated carbocycles. The van der Waals surface area contributed by atoms with Crippen LogP contribution in [-0.2, 0) is 4.79 Å². The number of aromatic nitrogens is 5. The van der Waals surface area contributed by atoms with E-state index in [1.54, 1.807) is 14.0 Å². The maximum Gasteiger partial charge on any atom is 0.330 e. The summed E-state index contributed by atoms with van der Waals surface area (Å²) >= 11 is 1.24. The number of fused-ring (bicyclic) bond motifs is 1. The number of nitrogens with zero attached hydrogens (tertiary/aromatic N) is 5. The van der Waals surface area contributed by atoms with E-state index in [1.165, 1.54) is 33.4 Å². The molecule has 1 aliphatic heterocycles. The van der Waals surface area contributed by atoms with Gasteiger partial charge in [0.15, 0.2) is 0 Å². The minimum Gasteiger partial charge on any atom is -0.344 e. The van der Waals surface area contributed by atoms with Gasteiger partial charge in [-0.05, 0) is 13.3 Å². The number of H-pyrrole nitrogens is 1. The van der Waals surface area contributed by atoms with Crippen molar-refractivity contribution in [1.29, 1.82) is 0 Å². The third kappa shape index (κ3) is 1.96. The quantitative estimate of drug-likeness (QED) is 0.705. The maximum absolute atomic E-state index is 12.9. The summed E-state index contributed by atoms with van der Waals surface area (Å²) in [7, 11) is 1.66. The summed E-state index contributed by atoms with van der Waals surface area (Å²) in [5.41, 5.74) is -0.336. The Kier molecular flexibility index (Phi) is 3.17. The Morgan fingerprint density at radius 3 is 2.58 bits per heavy atom. The monoisotopic (exact) mass is 346 g/mol. The van der Waals surface area contributed by atoms with Crippen molar-refractivity contribution in [2.45, 2.75) is 19.4 Å². The van der Waals surface area contributed by atoms with Gasteiger partial charge in [0.2, 0.25) is 5.91 Å². The van der Waals surface area contributed by atoms with Crippen LogP contribution >= 0.6 is 11.3 Å². The third-order valence-corrected chi connectivity index (χ3v) is 5.48. The second kappa shape index (κ2) is 5.13. The van der Waals surface area contributed by atoms with Crippen LogP contribution in [0.2, 0.25) is 0 Å². The molecule has 4 heterocycles. The summed E-state index contributed by atoms with van der Waals surface area (Å²) in [5.74, 6) is -0.219. The van der Waals surface area contributed by atoms with E-state index in [2.05, 4.69) is 15.2 Å². The fourth-order valence-electron chi connectivity index (χ4n) is 3.06. The summed E-state index contributed by atoms with van der Waals surface area (Å²) in [6.07, 6.45) is 3.52. The van der Waals surface area contributed by atoms with Crippen LogP contribution in [-0.4, -0.2) is 48.9 Å². The Morgan fingerprint density at radius 1 is 1.25 bits per heavy atom. The molecule has 0 unspecified atom stereocenters. The predicted molar refractivity (Wildman–Crippen MR) is 87.7 cm³/mol. The number of aryl methyl sites for hydroxylation is 1. The van der Waals surface area contributed by atoms with E-state index in [4.69, 9.17) is 0 Å². The zero-order chi connectivity index (χ0) is 17.0. The van der Waals surface area contributed by atoms with Gasteiger partial charge in [0.1, 0.15) is 15.9 Å². The summed E-state index contributed by atoms with van der Waals surface area (Å²) < 4.78 is 1.04. The minimum atomic E-state index is -0.749. The number of hydrogen-bond acceptors (Lipinski definition) is 6. The number of likely N-dealkylation sites (N-methyl/N-ethyl adjacent to an activating group) is 1. The minimum absolute atomic E-state index is 0.219. The molecule has 0 aromatic carbocycles. The number of thiophene rings is 1. The molecule has 1 atom stereocenters. The van der Waals surface area contributed by atoms with Crippen LogP contribution in [0.15, 0.2) is 22.0 Å². The van der Waals surface area contributed by atoms with Crippen LogP contribution in [0, 0.1) is 6.92 Å². The summed E-state index contributed by atoms with van der Waals surface area (Å²) in [6.45, 7) is 2.31. The Hall–Kier alpha value is -2.75. The maximum atomic E-state index is 12.9. The van der Waals surface area contributed by atoms with Gasteiger partial charge in [0.25, 0.3) is 5.56 Å². The van der Waals surface area contributed by atoms with E-state index in [-0.39, 0.29) is 5.91 Å². The first-order valence-corrected chi connectivity index (χ1v) is 8.20. The van der Waals surface area contributed by atoms with Gasteiger partial charge in [0, 0.05) is 19.2 Å². The number of carbonyl (C=O) groups is 1. The highest BCUT2D eigenvalue weighted by Gasteiger charge is 2.33. The lowest BCUT2D eigenvalue weighted by molar-refractivity contribution is -0.129. The number of carbonyl (C=O) groups excluding carboxylic acids is 1. The molecule has 1 amide bonds. The lowest BCUT2D eigenvalue weighted by Crippen LogP contribution is -2.40. The van der Waals surface area contributed by atoms with Crippen molar-refractivity contribution in [2.24, 2.45) is 0 Å². The number of hydrogen-bond donors (Lipinski definition) is 1. The van der Waals surface area contributed by atoms with Crippen LogP contribution in [0.3, 0.4) is 0 Å². The second-order valence-corrected chi connectivity index (χ2v) is 6.72. The van der Waals surface area contributed by atoms with Crippen LogP contribution < -0.4 is 11.2 Å². The zero-order valence-electron chi connectivity index (χ0n) is 13.0. The highest BCUT2D eigenvalue weighted by Crippen LogP contribution is 2.29. The molecule has 124 valence electrons. The van der Waals surface area contributed by atoms with E-state index in [0.29, 0.717) is 33.7 Å². The standard InChI is InChI=1S/C14H14N6O3S/c1-7-9-10(24-13(7)20-15-4-5-16-20)17-14(23)19(12(9)22)8-3-6-18(2)11(8)21/h4-5,8H,3,6H2,1-2H3,(H,17,23)/t8-/m0/s1. The molecule has 4 rings (SSSR count). The number of amides is 1. The van der Waals surface area contributed by atoms with Crippen LogP contribution in [0.25, 0.3) is 15.2 Å². The average molecular weight is 346 g/mol. The lowest BCUT2D eigenvalue weighted by atomic mass is 10.2. The topological polar surface area (TPSA) is 106 Å². The molecule has 1 N–H and O–H groups in total. The number of aromatic amines is 1. The fraction of sp³-hybridized carbons (Fsp3) is 0.357. The molecular formula is C14H14N6O3S. The van der Waals surface area contributed by atoms with Crippen molar-refractivity contribution in [3.05, 3.63) is 38.8 Å². The molecule has 1 aliphatic rings. The molecule has 24 heavy (non-hydrogen) atoms. The van der Waals surface area contributed by atoms with Crippen LogP contribution in [0.5, 0.6) is 0 Å². The number of rotatable bonds is 2. The molecular weight excluding hydrogens is 332 g/mol. The van der Waals surface area contributed by atoms with E-state index in [0.717, 1.165) is 4.57 Å². The Morgan fingerprint density at radius 2 is 1.96 bits per heavy atom. The molecule has 1 fully saturated rings. The van der Waals surface area contributed by atoms with Crippen molar-refractivity contribution in [1.82, 2.24) is 29.4 Å². The van der Waals surface area contributed by atoms with Crippen LogP contribution in [0.1, 0.15) is 18.0 Å². The molecule has 0 radical (unpaired) electrons. The summed E-state index contributed by atoms with van der Waals surface area (Å²) in [4.78, 5) is 43.7. The van der Waals surface area contributed by atoms with Crippen molar-refractivity contribution in [3.63, 3.8) is 0 Å². The molecule has 3 aromatic heterocycles. The van der Waals surface area contributed by atoms with E-state index >= 15 is 0 Å². The van der Waals surface area contributed by atoms with E-state index in [1.807, 2.05) is 0 Å². The van der Waals surface area contributed by atoms with Gasteiger partial charge in [-0.3, -0.25) is 14.6 Å². The third-order valence-electron chi connectivity index (χ3n) is 4.30. The Labute approximate surface area is 139 Å². The highest BCUT2D eigenvalue weighted by molar-refractivity contribution is 7.21. The fourth-order valence-corrected chi connectivity index (χ4v) is 4.16. The van der Waals surface area contributed by atoms with Crippen LogP contribution in [0.4, 0.5) is 0 Å². The largest absolute Gasteiger partial charge is 0.344 e. The van der Waals surface area contributed by atoms with Crippen molar-refractivity contribution in [3.8, 4) is 5.00 Å². The summed E-state index contributed by atoms with van der Waals surface area (Å²) in [6, 6.07) is -0.749. The SMILES string of the molecule is Cc1c(-n2nccn2)sc2[nH]c(=O)n([C@H]3CCN(C)C3=O)c(=O)c12.